The Bertz CT molecular complexity index is 669. The number of hydrogen-bond donors (Lipinski definition) is 1. The van der Waals surface area contributed by atoms with Gasteiger partial charge in [-0.1, -0.05) is 32.9 Å². The van der Waals surface area contributed by atoms with Gasteiger partial charge in [0, 0.05) is 36.2 Å². The summed E-state index contributed by atoms with van der Waals surface area (Å²) in [5.41, 5.74) is 2.87. The molecule has 1 aromatic carbocycles. The van der Waals surface area contributed by atoms with Crippen LogP contribution in [-0.4, -0.2) is 47.0 Å². The molecule has 0 spiro atoms. The molecule has 1 N–H and O–H groups in total. The van der Waals surface area contributed by atoms with Crippen molar-refractivity contribution in [3.05, 3.63) is 23.8 Å². The summed E-state index contributed by atoms with van der Waals surface area (Å²) in [7, 11) is 0. The van der Waals surface area contributed by atoms with Crippen molar-refractivity contribution in [3.8, 4) is 0 Å². The first-order valence-electron chi connectivity index (χ1n) is 8.37. The summed E-state index contributed by atoms with van der Waals surface area (Å²) >= 11 is 1.94. The first-order valence-corrected chi connectivity index (χ1v) is 9.36. The smallest absolute Gasteiger partial charge is 0.407 e. The van der Waals surface area contributed by atoms with Crippen molar-refractivity contribution >= 4 is 23.5 Å². The van der Waals surface area contributed by atoms with Gasteiger partial charge in [-0.05, 0) is 23.5 Å². The molecule has 0 aliphatic carbocycles. The van der Waals surface area contributed by atoms with E-state index in [-0.39, 0.29) is 16.9 Å². The van der Waals surface area contributed by atoms with Crippen LogP contribution in [0.5, 0.6) is 0 Å². The number of hydrogen-bond acceptors (Lipinski definition) is 3. The average molecular weight is 332 g/mol. The zero-order valence-corrected chi connectivity index (χ0v) is 14.8. The van der Waals surface area contributed by atoms with Crippen LogP contribution in [0.4, 0.5) is 10.5 Å². The molecule has 0 saturated carbocycles. The Labute approximate surface area is 141 Å². The van der Waals surface area contributed by atoms with Crippen LogP contribution < -0.4 is 4.90 Å². The van der Waals surface area contributed by atoms with E-state index in [1.165, 1.54) is 16.1 Å². The van der Waals surface area contributed by atoms with Crippen LogP contribution in [0.1, 0.15) is 38.7 Å². The maximum absolute atomic E-state index is 11.5. The van der Waals surface area contributed by atoms with Gasteiger partial charge in [-0.15, -0.1) is 11.8 Å². The van der Waals surface area contributed by atoms with E-state index in [1.54, 1.807) is 4.90 Å². The zero-order chi connectivity index (χ0) is 16.4. The molecular weight excluding hydrogens is 308 g/mol. The van der Waals surface area contributed by atoms with Gasteiger partial charge in [0.1, 0.15) is 0 Å². The van der Waals surface area contributed by atoms with Gasteiger partial charge in [0.15, 0.2) is 0 Å². The third-order valence-corrected chi connectivity index (χ3v) is 7.07. The van der Waals surface area contributed by atoms with Crippen LogP contribution in [0, 0.1) is 5.41 Å². The molecule has 3 heterocycles. The second-order valence-corrected chi connectivity index (χ2v) is 9.04. The molecule has 4 nitrogen and oxygen atoms in total. The van der Waals surface area contributed by atoms with E-state index in [4.69, 9.17) is 0 Å². The highest BCUT2D eigenvalue weighted by atomic mass is 32.2. The van der Waals surface area contributed by atoms with Gasteiger partial charge in [-0.2, -0.15) is 0 Å². The standard InChI is InChI=1S/C18H24N2O2S/c1-17(2,3)18-7-8-19(16(21)22)11-13(18)12-5-4-6-14-15(12)20(18)9-10-23-14/h4-6,13H,7-11H2,1-3H3,(H,21,22)/t13-,18-/m1/s1. The molecule has 2 atom stereocenters. The lowest BCUT2D eigenvalue weighted by Gasteiger charge is -2.56. The molecule has 1 amide bonds. The lowest BCUT2D eigenvalue weighted by Crippen LogP contribution is -2.64. The zero-order valence-electron chi connectivity index (χ0n) is 14.0. The van der Waals surface area contributed by atoms with Gasteiger partial charge in [-0.25, -0.2) is 4.79 Å². The minimum absolute atomic E-state index is 0.0262. The van der Waals surface area contributed by atoms with Crippen molar-refractivity contribution in [2.45, 2.75) is 43.5 Å². The first-order chi connectivity index (χ1) is 10.9. The van der Waals surface area contributed by atoms with Crippen LogP contribution in [0.25, 0.3) is 0 Å². The van der Waals surface area contributed by atoms with Crippen molar-refractivity contribution in [1.29, 1.82) is 0 Å². The van der Waals surface area contributed by atoms with Gasteiger partial charge in [0.05, 0.1) is 11.2 Å². The Morgan fingerprint density at radius 2 is 2.13 bits per heavy atom. The molecule has 1 aromatic rings. The fourth-order valence-electron chi connectivity index (χ4n) is 5.08. The van der Waals surface area contributed by atoms with E-state index in [0.29, 0.717) is 13.1 Å². The number of piperidine rings is 1. The minimum Gasteiger partial charge on any atom is -0.465 e. The van der Waals surface area contributed by atoms with Crippen molar-refractivity contribution in [2.24, 2.45) is 5.41 Å². The molecule has 3 aliphatic rings. The Kier molecular flexibility index (Phi) is 3.18. The Morgan fingerprint density at radius 1 is 1.35 bits per heavy atom. The summed E-state index contributed by atoms with van der Waals surface area (Å²) in [5, 5.41) is 9.49. The van der Waals surface area contributed by atoms with Gasteiger partial charge < -0.3 is 14.9 Å². The van der Waals surface area contributed by atoms with E-state index in [9.17, 15) is 9.90 Å². The number of rotatable bonds is 0. The Balaban J connectivity index is 1.90. The number of carbonyl (C=O) groups is 1. The second-order valence-electron chi connectivity index (χ2n) is 7.90. The molecule has 0 radical (unpaired) electrons. The largest absolute Gasteiger partial charge is 0.465 e. The van der Waals surface area contributed by atoms with Crippen LogP contribution in [-0.2, 0) is 0 Å². The number of amides is 1. The van der Waals surface area contributed by atoms with Crippen LogP contribution in [0.3, 0.4) is 0 Å². The predicted molar refractivity (Wildman–Crippen MR) is 93.7 cm³/mol. The number of likely N-dealkylation sites (tertiary alicyclic amines) is 1. The highest BCUT2D eigenvalue weighted by Gasteiger charge is 2.60. The van der Waals surface area contributed by atoms with Crippen LogP contribution in [0.2, 0.25) is 0 Å². The third-order valence-electron chi connectivity index (χ3n) is 6.04. The molecule has 124 valence electrons. The lowest BCUT2D eigenvalue weighted by molar-refractivity contribution is 0.0577. The molecule has 0 unspecified atom stereocenters. The fourth-order valence-corrected chi connectivity index (χ4v) is 6.11. The third kappa shape index (κ3) is 1.89. The fraction of sp³-hybridized carbons (Fsp3) is 0.611. The summed E-state index contributed by atoms with van der Waals surface area (Å²) in [6, 6.07) is 6.59. The maximum atomic E-state index is 11.5. The number of thioether (sulfide) groups is 1. The summed E-state index contributed by atoms with van der Waals surface area (Å²) in [5.74, 6) is 1.38. The molecule has 4 rings (SSSR count). The summed E-state index contributed by atoms with van der Waals surface area (Å²) < 4.78 is 0. The monoisotopic (exact) mass is 332 g/mol. The topological polar surface area (TPSA) is 43.8 Å². The normalized spacial score (nSPS) is 29.3. The van der Waals surface area contributed by atoms with E-state index in [2.05, 4.69) is 43.9 Å². The highest BCUT2D eigenvalue weighted by Crippen LogP contribution is 2.61. The summed E-state index contributed by atoms with van der Waals surface area (Å²) in [4.78, 5) is 17.2. The molecule has 0 aromatic heterocycles. The van der Waals surface area contributed by atoms with E-state index >= 15 is 0 Å². The van der Waals surface area contributed by atoms with E-state index in [1.807, 2.05) is 11.8 Å². The molecular formula is C18H24N2O2S. The number of benzene rings is 1. The Morgan fingerprint density at radius 3 is 2.83 bits per heavy atom. The first kappa shape index (κ1) is 15.2. The number of fused-ring (bicyclic) bond motifs is 3. The van der Waals surface area contributed by atoms with Crippen molar-refractivity contribution < 1.29 is 9.90 Å². The average Bonchev–Trinajstić information content (AvgIpc) is 2.81. The van der Waals surface area contributed by atoms with Crippen LogP contribution in [0.15, 0.2) is 23.1 Å². The summed E-state index contributed by atoms with van der Waals surface area (Å²) in [6.45, 7) is 9.28. The molecule has 1 fully saturated rings. The second kappa shape index (κ2) is 4.82. The van der Waals surface area contributed by atoms with E-state index in [0.717, 1.165) is 18.7 Å². The molecule has 23 heavy (non-hydrogen) atoms. The molecule has 1 saturated heterocycles. The Hall–Kier alpha value is -1.36. The number of anilines is 1. The van der Waals surface area contributed by atoms with Crippen LogP contribution >= 0.6 is 11.8 Å². The summed E-state index contributed by atoms with van der Waals surface area (Å²) in [6.07, 6.45) is 0.125. The minimum atomic E-state index is -0.784. The highest BCUT2D eigenvalue weighted by molar-refractivity contribution is 7.99. The lowest BCUT2D eigenvalue weighted by atomic mass is 9.62. The molecule has 0 bridgehead atoms. The molecule has 5 heteroatoms. The number of nitrogens with zero attached hydrogens (tertiary/aromatic N) is 2. The van der Waals surface area contributed by atoms with Gasteiger partial charge >= 0.3 is 6.09 Å². The number of para-hydroxylation sites is 1. The van der Waals surface area contributed by atoms with Gasteiger partial charge in [-0.3, -0.25) is 0 Å². The quantitative estimate of drug-likeness (QED) is 0.783. The van der Waals surface area contributed by atoms with Gasteiger partial charge in [0.25, 0.3) is 0 Å². The van der Waals surface area contributed by atoms with Crippen molar-refractivity contribution in [1.82, 2.24) is 4.90 Å². The van der Waals surface area contributed by atoms with Crippen molar-refractivity contribution in [2.75, 3.05) is 30.3 Å². The number of carboxylic acid groups (broad SMARTS) is 1. The van der Waals surface area contributed by atoms with E-state index < -0.39 is 6.09 Å². The SMILES string of the molecule is CC(C)(C)[C@@]12CCN(C(=O)O)C[C@@H]1c1cccc3c1N2CCS3. The predicted octanol–water partition coefficient (Wildman–Crippen LogP) is 3.86. The maximum Gasteiger partial charge on any atom is 0.407 e. The van der Waals surface area contributed by atoms with Crippen molar-refractivity contribution in [3.63, 3.8) is 0 Å². The molecule has 3 aliphatic heterocycles. The van der Waals surface area contributed by atoms with Gasteiger partial charge in [0.2, 0.25) is 0 Å².